The summed E-state index contributed by atoms with van der Waals surface area (Å²) in [5, 5.41) is 7.68. The number of aryl methyl sites for hydroxylation is 2. The molecule has 0 aromatic carbocycles. The molecule has 0 fully saturated rings. The van der Waals surface area contributed by atoms with E-state index in [0.717, 1.165) is 12.2 Å². The Hall–Kier alpha value is -2.11. The first-order valence-corrected chi connectivity index (χ1v) is 6.28. The normalized spacial score (nSPS) is 10.5. The molecule has 6 heteroatoms. The van der Waals surface area contributed by atoms with Gasteiger partial charge in [0.1, 0.15) is 0 Å². The van der Waals surface area contributed by atoms with E-state index in [2.05, 4.69) is 34.2 Å². The molecule has 0 spiro atoms. The van der Waals surface area contributed by atoms with Gasteiger partial charge in [0.05, 0.1) is 25.2 Å². The number of rotatable bonds is 5. The van der Waals surface area contributed by atoms with Crippen molar-refractivity contribution >= 4 is 5.95 Å². The van der Waals surface area contributed by atoms with E-state index in [4.69, 9.17) is 4.74 Å². The molecule has 0 saturated carbocycles. The summed E-state index contributed by atoms with van der Waals surface area (Å²) in [6.07, 6.45) is 3.29. The van der Waals surface area contributed by atoms with Crippen molar-refractivity contribution in [1.82, 2.24) is 19.7 Å². The van der Waals surface area contributed by atoms with Crippen LogP contribution in [0.1, 0.15) is 23.9 Å². The molecule has 6 nitrogen and oxygen atoms in total. The highest BCUT2D eigenvalue weighted by molar-refractivity contribution is 5.32. The minimum atomic E-state index is 0.587. The van der Waals surface area contributed by atoms with Gasteiger partial charge in [0.2, 0.25) is 5.95 Å². The quantitative estimate of drug-likeness (QED) is 0.891. The van der Waals surface area contributed by atoms with Crippen LogP contribution in [-0.4, -0.2) is 26.9 Å². The van der Waals surface area contributed by atoms with Crippen molar-refractivity contribution in [3.63, 3.8) is 0 Å². The Balaban J connectivity index is 2.07. The molecule has 0 atom stereocenters. The zero-order valence-corrected chi connectivity index (χ0v) is 11.8. The molecule has 0 amide bonds. The van der Waals surface area contributed by atoms with Crippen LogP contribution in [0.2, 0.25) is 0 Å². The third-order valence-corrected chi connectivity index (χ3v) is 3.12. The van der Waals surface area contributed by atoms with E-state index in [1.165, 1.54) is 11.3 Å². The van der Waals surface area contributed by atoms with Gasteiger partial charge in [-0.05, 0) is 20.8 Å². The molecular formula is C13H19N5O. The first kappa shape index (κ1) is 13.3. The second-order valence-electron chi connectivity index (χ2n) is 4.27. The predicted molar refractivity (Wildman–Crippen MR) is 73.3 cm³/mol. The summed E-state index contributed by atoms with van der Waals surface area (Å²) in [6.45, 7) is 7.74. The van der Waals surface area contributed by atoms with Crippen molar-refractivity contribution in [2.75, 3.05) is 12.4 Å². The van der Waals surface area contributed by atoms with Gasteiger partial charge in [-0.3, -0.25) is 4.68 Å². The molecule has 102 valence electrons. The molecule has 2 rings (SSSR count). The molecule has 1 N–H and O–H groups in total. The molecule has 0 aliphatic rings. The van der Waals surface area contributed by atoms with Crippen molar-refractivity contribution in [2.45, 2.75) is 33.9 Å². The monoisotopic (exact) mass is 261 g/mol. The molecular weight excluding hydrogens is 242 g/mol. The Bertz CT molecular complexity index is 547. The van der Waals surface area contributed by atoms with Crippen molar-refractivity contribution < 1.29 is 4.74 Å². The van der Waals surface area contributed by atoms with Crippen molar-refractivity contribution in [3.8, 4) is 5.75 Å². The maximum atomic E-state index is 5.02. The highest BCUT2D eigenvalue weighted by Crippen LogP contribution is 2.15. The lowest BCUT2D eigenvalue weighted by atomic mass is 10.2. The van der Waals surface area contributed by atoms with Crippen LogP contribution in [-0.2, 0) is 13.1 Å². The smallest absolute Gasteiger partial charge is 0.223 e. The molecule has 0 radical (unpaired) electrons. The molecule has 0 aliphatic heterocycles. The van der Waals surface area contributed by atoms with E-state index < -0.39 is 0 Å². The fourth-order valence-electron chi connectivity index (χ4n) is 1.98. The van der Waals surface area contributed by atoms with Crippen LogP contribution >= 0.6 is 0 Å². The summed E-state index contributed by atoms with van der Waals surface area (Å²) in [5.41, 5.74) is 3.42. The summed E-state index contributed by atoms with van der Waals surface area (Å²) < 4.78 is 7.02. The summed E-state index contributed by atoms with van der Waals surface area (Å²) in [5.74, 6) is 1.24. The number of nitrogens with one attached hydrogen (secondary N) is 1. The first-order chi connectivity index (χ1) is 9.15. The predicted octanol–water partition coefficient (Wildman–Crippen LogP) is 1.93. The number of ether oxygens (including phenoxy) is 1. The standard InChI is InChI=1S/C13H19N5O/c1-5-18-10(3)12(9(2)17-18)8-16-13-14-6-11(19-4)7-15-13/h6-7H,5,8H2,1-4H3,(H,14,15,16). The summed E-state index contributed by atoms with van der Waals surface area (Å²) >= 11 is 0. The first-order valence-electron chi connectivity index (χ1n) is 6.28. The van der Waals surface area contributed by atoms with Crippen LogP contribution < -0.4 is 10.1 Å². The van der Waals surface area contributed by atoms with Crippen molar-refractivity contribution in [3.05, 3.63) is 29.3 Å². The average molecular weight is 261 g/mol. The zero-order valence-electron chi connectivity index (χ0n) is 11.8. The number of hydrogen-bond acceptors (Lipinski definition) is 5. The maximum absolute atomic E-state index is 5.02. The van der Waals surface area contributed by atoms with E-state index in [1.807, 2.05) is 11.6 Å². The SMILES string of the molecule is CCn1nc(C)c(CNc2ncc(OC)cn2)c1C. The third kappa shape index (κ3) is 2.83. The Kier molecular flexibility index (Phi) is 3.99. The molecule has 2 aromatic heterocycles. The van der Waals surface area contributed by atoms with Crippen molar-refractivity contribution in [1.29, 1.82) is 0 Å². The van der Waals surface area contributed by atoms with Gasteiger partial charge in [0.25, 0.3) is 0 Å². The summed E-state index contributed by atoms with van der Waals surface area (Å²) in [6, 6.07) is 0. The minimum absolute atomic E-state index is 0.587. The van der Waals surface area contributed by atoms with Gasteiger partial charge >= 0.3 is 0 Å². The molecule has 0 saturated heterocycles. The Labute approximate surface area is 112 Å². The van der Waals surface area contributed by atoms with Crippen LogP contribution in [0.5, 0.6) is 5.75 Å². The largest absolute Gasteiger partial charge is 0.494 e. The number of aromatic nitrogens is 4. The molecule has 0 unspecified atom stereocenters. The van der Waals surface area contributed by atoms with Gasteiger partial charge in [-0.15, -0.1) is 0 Å². The summed E-state index contributed by atoms with van der Waals surface area (Å²) in [4.78, 5) is 8.35. The lowest BCUT2D eigenvalue weighted by Gasteiger charge is -2.06. The fourth-order valence-corrected chi connectivity index (χ4v) is 1.98. The van der Waals surface area contributed by atoms with Crippen LogP contribution in [0.3, 0.4) is 0 Å². The molecule has 2 aromatic rings. The highest BCUT2D eigenvalue weighted by atomic mass is 16.5. The number of anilines is 1. The van der Waals surface area contributed by atoms with E-state index in [0.29, 0.717) is 18.2 Å². The zero-order chi connectivity index (χ0) is 13.8. The molecule has 0 aliphatic carbocycles. The Morgan fingerprint density at radius 2 is 1.95 bits per heavy atom. The highest BCUT2D eigenvalue weighted by Gasteiger charge is 2.10. The minimum Gasteiger partial charge on any atom is -0.494 e. The third-order valence-electron chi connectivity index (χ3n) is 3.12. The molecule has 2 heterocycles. The number of methoxy groups -OCH3 is 1. The van der Waals surface area contributed by atoms with Gasteiger partial charge in [-0.2, -0.15) is 5.10 Å². The van der Waals surface area contributed by atoms with Crippen molar-refractivity contribution in [2.24, 2.45) is 0 Å². The number of hydrogen-bond donors (Lipinski definition) is 1. The maximum Gasteiger partial charge on any atom is 0.223 e. The topological polar surface area (TPSA) is 64.9 Å². The van der Waals surface area contributed by atoms with Gasteiger partial charge in [0, 0.05) is 24.3 Å². The summed E-state index contributed by atoms with van der Waals surface area (Å²) in [7, 11) is 1.59. The lowest BCUT2D eigenvalue weighted by Crippen LogP contribution is -2.06. The van der Waals surface area contributed by atoms with Gasteiger partial charge in [-0.1, -0.05) is 0 Å². The Morgan fingerprint density at radius 1 is 1.26 bits per heavy atom. The van der Waals surface area contributed by atoms with E-state index >= 15 is 0 Å². The fraction of sp³-hybridized carbons (Fsp3) is 0.462. The molecule has 19 heavy (non-hydrogen) atoms. The lowest BCUT2D eigenvalue weighted by molar-refractivity contribution is 0.411. The second kappa shape index (κ2) is 5.69. The van der Waals surface area contributed by atoms with Crippen LogP contribution in [0, 0.1) is 13.8 Å². The van der Waals surface area contributed by atoms with Gasteiger partial charge in [-0.25, -0.2) is 9.97 Å². The second-order valence-corrected chi connectivity index (χ2v) is 4.27. The molecule has 0 bridgehead atoms. The number of nitrogens with zero attached hydrogens (tertiary/aromatic N) is 4. The van der Waals surface area contributed by atoms with E-state index in [-0.39, 0.29) is 0 Å². The van der Waals surface area contributed by atoms with E-state index in [9.17, 15) is 0 Å². The van der Waals surface area contributed by atoms with E-state index in [1.54, 1.807) is 19.5 Å². The van der Waals surface area contributed by atoms with Crippen LogP contribution in [0.25, 0.3) is 0 Å². The Morgan fingerprint density at radius 3 is 2.47 bits per heavy atom. The van der Waals surface area contributed by atoms with Gasteiger partial charge < -0.3 is 10.1 Å². The van der Waals surface area contributed by atoms with Crippen LogP contribution in [0.4, 0.5) is 5.95 Å². The average Bonchev–Trinajstić information content (AvgIpc) is 2.72. The van der Waals surface area contributed by atoms with Gasteiger partial charge in [0.15, 0.2) is 5.75 Å². The van der Waals surface area contributed by atoms with Crippen LogP contribution in [0.15, 0.2) is 12.4 Å².